The van der Waals surface area contributed by atoms with Crippen molar-refractivity contribution in [2.24, 2.45) is 0 Å². The third-order valence-corrected chi connectivity index (χ3v) is 3.12. The summed E-state index contributed by atoms with van der Waals surface area (Å²) in [6, 6.07) is 11.0. The van der Waals surface area contributed by atoms with E-state index < -0.39 is 5.67 Å². The zero-order valence-electron chi connectivity index (χ0n) is 10.2. The zero-order chi connectivity index (χ0) is 13.3. The fraction of sp³-hybridized carbons (Fsp3) is 0.286. The maximum Gasteiger partial charge on any atom is 0.270 e. The summed E-state index contributed by atoms with van der Waals surface area (Å²) in [4.78, 5) is 16.1. The quantitative estimate of drug-likeness (QED) is 0.914. The lowest BCUT2D eigenvalue weighted by atomic mass is 10.1. The SMILES string of the molecule is O=C(NCC1(F)COC1)c1ccc2ccccc2n1. The largest absolute Gasteiger partial charge is 0.374 e. The Morgan fingerprint density at radius 1 is 1.32 bits per heavy atom. The summed E-state index contributed by atoms with van der Waals surface area (Å²) in [6.45, 7) is 0.0389. The second kappa shape index (κ2) is 4.59. The van der Waals surface area contributed by atoms with Crippen LogP contribution in [0.4, 0.5) is 4.39 Å². The number of amides is 1. The molecule has 0 spiro atoms. The number of carbonyl (C=O) groups excluding carboxylic acids is 1. The molecule has 0 saturated carbocycles. The van der Waals surface area contributed by atoms with Gasteiger partial charge < -0.3 is 10.1 Å². The van der Waals surface area contributed by atoms with E-state index >= 15 is 0 Å². The van der Waals surface area contributed by atoms with Crippen molar-refractivity contribution in [3.05, 3.63) is 42.1 Å². The predicted molar refractivity (Wildman–Crippen MR) is 68.7 cm³/mol. The number of pyridine rings is 1. The van der Waals surface area contributed by atoms with Crippen LogP contribution in [0.1, 0.15) is 10.5 Å². The van der Waals surface area contributed by atoms with Crippen LogP contribution in [-0.4, -0.2) is 36.3 Å². The number of para-hydroxylation sites is 1. The summed E-state index contributed by atoms with van der Waals surface area (Å²) in [5.41, 5.74) is -0.383. The summed E-state index contributed by atoms with van der Waals surface area (Å²) in [7, 11) is 0. The van der Waals surface area contributed by atoms with Crippen molar-refractivity contribution in [1.82, 2.24) is 10.3 Å². The van der Waals surface area contributed by atoms with Gasteiger partial charge >= 0.3 is 0 Å². The fourth-order valence-corrected chi connectivity index (χ4v) is 1.95. The molecule has 0 bridgehead atoms. The van der Waals surface area contributed by atoms with Gasteiger partial charge in [0, 0.05) is 5.39 Å². The van der Waals surface area contributed by atoms with E-state index in [0.717, 1.165) is 10.9 Å². The number of hydrogen-bond acceptors (Lipinski definition) is 3. The first-order valence-corrected chi connectivity index (χ1v) is 6.07. The molecule has 0 atom stereocenters. The molecule has 1 aliphatic heterocycles. The van der Waals surface area contributed by atoms with E-state index in [1.807, 2.05) is 30.3 Å². The van der Waals surface area contributed by atoms with E-state index in [1.165, 1.54) is 0 Å². The summed E-state index contributed by atoms with van der Waals surface area (Å²) in [6.07, 6.45) is 0. The molecule has 0 radical (unpaired) electrons. The number of hydrogen-bond donors (Lipinski definition) is 1. The highest BCUT2D eigenvalue weighted by molar-refractivity contribution is 5.94. The number of aromatic nitrogens is 1. The first kappa shape index (κ1) is 12.0. The summed E-state index contributed by atoms with van der Waals surface area (Å²) >= 11 is 0. The molecule has 1 aromatic heterocycles. The molecule has 3 rings (SSSR count). The highest BCUT2D eigenvalue weighted by Gasteiger charge is 2.39. The Morgan fingerprint density at radius 3 is 2.84 bits per heavy atom. The third kappa shape index (κ3) is 2.42. The van der Waals surface area contributed by atoms with Crippen LogP contribution >= 0.6 is 0 Å². The van der Waals surface area contributed by atoms with Crippen molar-refractivity contribution in [2.75, 3.05) is 19.8 Å². The Balaban J connectivity index is 1.74. The van der Waals surface area contributed by atoms with Crippen LogP contribution < -0.4 is 5.32 Å². The molecular weight excluding hydrogens is 247 g/mol. The smallest absolute Gasteiger partial charge is 0.270 e. The Hall–Kier alpha value is -2.01. The molecule has 1 aliphatic rings. The minimum absolute atomic E-state index is 0.0401. The molecular formula is C14H13FN2O2. The molecule has 98 valence electrons. The molecule has 1 saturated heterocycles. The lowest BCUT2D eigenvalue weighted by molar-refractivity contribution is -0.126. The van der Waals surface area contributed by atoms with E-state index in [9.17, 15) is 9.18 Å². The maximum atomic E-state index is 13.7. The van der Waals surface area contributed by atoms with Gasteiger partial charge in [-0.15, -0.1) is 0 Å². The standard InChI is InChI=1S/C14H13FN2O2/c15-14(8-19-9-14)7-16-13(18)12-6-5-10-3-1-2-4-11(10)17-12/h1-6H,7-9H2,(H,16,18). The van der Waals surface area contributed by atoms with Crippen molar-refractivity contribution in [1.29, 1.82) is 0 Å². The molecule has 1 N–H and O–H groups in total. The number of nitrogens with one attached hydrogen (secondary N) is 1. The van der Waals surface area contributed by atoms with Crippen molar-refractivity contribution >= 4 is 16.8 Å². The van der Waals surface area contributed by atoms with Crippen LogP contribution in [-0.2, 0) is 4.74 Å². The van der Waals surface area contributed by atoms with E-state index in [2.05, 4.69) is 10.3 Å². The van der Waals surface area contributed by atoms with E-state index in [1.54, 1.807) is 6.07 Å². The predicted octanol–water partition coefficient (Wildman–Crippen LogP) is 1.70. The zero-order valence-corrected chi connectivity index (χ0v) is 10.2. The maximum absolute atomic E-state index is 13.7. The first-order chi connectivity index (χ1) is 9.16. The fourth-order valence-electron chi connectivity index (χ4n) is 1.95. The highest BCUT2D eigenvalue weighted by atomic mass is 19.1. The molecule has 1 aromatic carbocycles. The molecule has 2 aromatic rings. The highest BCUT2D eigenvalue weighted by Crippen LogP contribution is 2.20. The minimum Gasteiger partial charge on any atom is -0.374 e. The Labute approximate surface area is 109 Å². The van der Waals surface area contributed by atoms with E-state index in [4.69, 9.17) is 4.74 Å². The van der Waals surface area contributed by atoms with Gasteiger partial charge in [-0.3, -0.25) is 4.79 Å². The lowest BCUT2D eigenvalue weighted by Gasteiger charge is -2.33. The third-order valence-electron chi connectivity index (χ3n) is 3.12. The van der Waals surface area contributed by atoms with Gasteiger partial charge in [0.25, 0.3) is 5.91 Å². The number of ether oxygens (including phenoxy) is 1. The van der Waals surface area contributed by atoms with E-state index in [-0.39, 0.29) is 25.7 Å². The number of nitrogens with zero attached hydrogens (tertiary/aromatic N) is 1. The van der Waals surface area contributed by atoms with Crippen LogP contribution in [0.3, 0.4) is 0 Å². The van der Waals surface area contributed by atoms with Crippen molar-refractivity contribution in [3.8, 4) is 0 Å². The molecule has 2 heterocycles. The van der Waals surface area contributed by atoms with Crippen molar-refractivity contribution in [2.45, 2.75) is 5.67 Å². The van der Waals surface area contributed by atoms with Crippen LogP contribution in [0.25, 0.3) is 10.9 Å². The number of carbonyl (C=O) groups is 1. The van der Waals surface area contributed by atoms with Gasteiger partial charge in [0.2, 0.25) is 0 Å². The molecule has 1 fully saturated rings. The number of benzene rings is 1. The molecule has 4 nitrogen and oxygen atoms in total. The first-order valence-electron chi connectivity index (χ1n) is 6.07. The average Bonchev–Trinajstić information content (AvgIpc) is 2.42. The van der Waals surface area contributed by atoms with Gasteiger partial charge in [-0.1, -0.05) is 24.3 Å². The topological polar surface area (TPSA) is 51.2 Å². The summed E-state index contributed by atoms with van der Waals surface area (Å²) in [5.74, 6) is -0.366. The Morgan fingerprint density at radius 2 is 2.11 bits per heavy atom. The van der Waals surface area contributed by atoms with Crippen molar-refractivity contribution in [3.63, 3.8) is 0 Å². The van der Waals surface area contributed by atoms with Crippen LogP contribution in [0.5, 0.6) is 0 Å². The van der Waals surface area contributed by atoms with E-state index in [0.29, 0.717) is 5.69 Å². The molecule has 0 aliphatic carbocycles. The van der Waals surface area contributed by atoms with Gasteiger partial charge in [0.15, 0.2) is 5.67 Å². The number of fused-ring (bicyclic) bond motifs is 1. The van der Waals surface area contributed by atoms with Crippen LogP contribution in [0, 0.1) is 0 Å². The Bertz CT molecular complexity index is 626. The number of alkyl halides is 1. The summed E-state index contributed by atoms with van der Waals surface area (Å²) < 4.78 is 18.5. The lowest BCUT2D eigenvalue weighted by Crippen LogP contribution is -2.53. The van der Waals surface area contributed by atoms with Gasteiger partial charge in [0.05, 0.1) is 25.3 Å². The van der Waals surface area contributed by atoms with Crippen LogP contribution in [0.15, 0.2) is 36.4 Å². The van der Waals surface area contributed by atoms with Gasteiger partial charge in [0.1, 0.15) is 5.69 Å². The molecule has 0 unspecified atom stereocenters. The number of rotatable bonds is 3. The minimum atomic E-state index is -1.42. The Kier molecular flexibility index (Phi) is 2.91. The molecule has 19 heavy (non-hydrogen) atoms. The van der Waals surface area contributed by atoms with Crippen molar-refractivity contribution < 1.29 is 13.9 Å². The second-order valence-corrected chi connectivity index (χ2v) is 4.72. The normalized spacial score (nSPS) is 16.9. The summed E-state index contributed by atoms with van der Waals surface area (Å²) in [5, 5.41) is 3.52. The second-order valence-electron chi connectivity index (χ2n) is 4.72. The van der Waals surface area contributed by atoms with Gasteiger partial charge in [-0.25, -0.2) is 9.37 Å². The average molecular weight is 260 g/mol. The monoisotopic (exact) mass is 260 g/mol. The van der Waals surface area contributed by atoms with Gasteiger partial charge in [-0.2, -0.15) is 0 Å². The van der Waals surface area contributed by atoms with Crippen LogP contribution in [0.2, 0.25) is 0 Å². The molecule has 5 heteroatoms. The van der Waals surface area contributed by atoms with Gasteiger partial charge in [-0.05, 0) is 12.1 Å². The molecule has 1 amide bonds. The number of halogens is 1.